The fourth-order valence-corrected chi connectivity index (χ4v) is 2.77. The van der Waals surface area contributed by atoms with Crippen molar-refractivity contribution in [2.75, 3.05) is 25.0 Å². The Morgan fingerprint density at radius 3 is 2.68 bits per heavy atom. The number of likely N-dealkylation sites (tertiary alicyclic amines) is 1. The van der Waals surface area contributed by atoms with E-state index in [1.165, 1.54) is 32.4 Å². The summed E-state index contributed by atoms with van der Waals surface area (Å²) < 4.78 is 1.76. The minimum atomic E-state index is 0.319. The van der Waals surface area contributed by atoms with E-state index in [9.17, 15) is 5.26 Å². The maximum atomic E-state index is 9.19. The van der Waals surface area contributed by atoms with Gasteiger partial charge in [-0.25, -0.2) is 0 Å². The minimum absolute atomic E-state index is 0.319. The number of nitriles is 1. The van der Waals surface area contributed by atoms with Crippen molar-refractivity contribution in [3.8, 4) is 6.07 Å². The number of nitrogens with one attached hydrogen (secondary N) is 1. The third-order valence-electron chi connectivity index (χ3n) is 3.70. The number of aryl methyl sites for hydroxylation is 2. The van der Waals surface area contributed by atoms with Crippen LogP contribution in [0.15, 0.2) is 0 Å². The standard InChI is InChI=1S/C14H23N5/c1-11(10-19-7-5-4-6-8-19)16-14-13(9-15)12(2)17-18(14)3/h11,16H,4-8,10H2,1-3H3. The molecule has 0 bridgehead atoms. The van der Waals surface area contributed by atoms with Crippen molar-refractivity contribution in [1.82, 2.24) is 14.7 Å². The topological polar surface area (TPSA) is 56.9 Å². The van der Waals surface area contributed by atoms with Crippen molar-refractivity contribution in [2.24, 2.45) is 7.05 Å². The summed E-state index contributed by atoms with van der Waals surface area (Å²) >= 11 is 0. The summed E-state index contributed by atoms with van der Waals surface area (Å²) in [6.07, 6.45) is 3.97. The Hall–Kier alpha value is -1.54. The van der Waals surface area contributed by atoms with Crippen molar-refractivity contribution in [3.05, 3.63) is 11.3 Å². The van der Waals surface area contributed by atoms with E-state index in [2.05, 4.69) is 28.3 Å². The second-order valence-corrected chi connectivity index (χ2v) is 5.45. The van der Waals surface area contributed by atoms with E-state index >= 15 is 0 Å². The summed E-state index contributed by atoms with van der Waals surface area (Å²) in [5.41, 5.74) is 1.45. The zero-order chi connectivity index (χ0) is 13.8. The van der Waals surface area contributed by atoms with Crippen LogP contribution in [-0.2, 0) is 7.05 Å². The molecule has 0 aromatic carbocycles. The molecule has 0 aliphatic carbocycles. The molecule has 0 saturated carbocycles. The van der Waals surface area contributed by atoms with Crippen LogP contribution in [0.25, 0.3) is 0 Å². The largest absolute Gasteiger partial charge is 0.365 e. The lowest BCUT2D eigenvalue weighted by Gasteiger charge is -2.29. The summed E-state index contributed by atoms with van der Waals surface area (Å²) in [6, 6.07) is 2.55. The molecule has 5 heteroatoms. The van der Waals surface area contributed by atoms with E-state index in [0.29, 0.717) is 11.6 Å². The molecule has 0 radical (unpaired) electrons. The van der Waals surface area contributed by atoms with E-state index in [1.807, 2.05) is 14.0 Å². The van der Waals surface area contributed by atoms with Crippen molar-refractivity contribution >= 4 is 5.82 Å². The molecule has 1 aromatic rings. The molecular formula is C14H23N5. The second kappa shape index (κ2) is 6.07. The first kappa shape index (κ1) is 13.9. The smallest absolute Gasteiger partial charge is 0.142 e. The maximum absolute atomic E-state index is 9.19. The Kier molecular flexibility index (Phi) is 4.43. The predicted octanol–water partition coefficient (Wildman–Crippen LogP) is 1.89. The molecule has 1 atom stereocenters. The molecule has 2 heterocycles. The molecule has 1 aromatic heterocycles. The van der Waals surface area contributed by atoms with Crippen LogP contribution in [0.5, 0.6) is 0 Å². The van der Waals surface area contributed by atoms with Gasteiger partial charge in [-0.3, -0.25) is 4.68 Å². The quantitative estimate of drug-likeness (QED) is 0.899. The van der Waals surface area contributed by atoms with Crippen LogP contribution < -0.4 is 5.32 Å². The monoisotopic (exact) mass is 261 g/mol. The highest BCUT2D eigenvalue weighted by Crippen LogP contribution is 2.19. The summed E-state index contributed by atoms with van der Waals surface area (Å²) in [6.45, 7) is 7.45. The molecule has 2 rings (SSSR count). The van der Waals surface area contributed by atoms with E-state index in [-0.39, 0.29) is 0 Å². The minimum Gasteiger partial charge on any atom is -0.365 e. The maximum Gasteiger partial charge on any atom is 0.142 e. The van der Waals surface area contributed by atoms with Crippen LogP contribution in [0.1, 0.15) is 37.4 Å². The fourth-order valence-electron chi connectivity index (χ4n) is 2.77. The highest BCUT2D eigenvalue weighted by Gasteiger charge is 2.17. The average molecular weight is 261 g/mol. The molecule has 104 valence electrons. The van der Waals surface area contributed by atoms with Crippen molar-refractivity contribution in [1.29, 1.82) is 5.26 Å². The first-order chi connectivity index (χ1) is 9.11. The molecule has 1 fully saturated rings. The van der Waals surface area contributed by atoms with Gasteiger partial charge in [0, 0.05) is 19.6 Å². The molecule has 19 heavy (non-hydrogen) atoms. The highest BCUT2D eigenvalue weighted by atomic mass is 15.3. The van der Waals surface area contributed by atoms with Crippen LogP contribution in [0.4, 0.5) is 5.82 Å². The molecular weight excluding hydrogens is 238 g/mol. The van der Waals surface area contributed by atoms with Gasteiger partial charge in [-0.1, -0.05) is 6.42 Å². The van der Waals surface area contributed by atoms with Gasteiger partial charge in [0.2, 0.25) is 0 Å². The summed E-state index contributed by atoms with van der Waals surface area (Å²) in [7, 11) is 1.88. The molecule has 1 saturated heterocycles. The van der Waals surface area contributed by atoms with Gasteiger partial charge in [-0.05, 0) is 39.8 Å². The number of rotatable bonds is 4. The average Bonchev–Trinajstić information content (AvgIpc) is 2.65. The zero-order valence-electron chi connectivity index (χ0n) is 12.1. The Balaban J connectivity index is 1.98. The van der Waals surface area contributed by atoms with Gasteiger partial charge in [0.25, 0.3) is 0 Å². The number of piperidine rings is 1. The number of aromatic nitrogens is 2. The third-order valence-corrected chi connectivity index (χ3v) is 3.70. The lowest BCUT2D eigenvalue weighted by atomic mass is 10.1. The number of nitrogens with zero attached hydrogens (tertiary/aromatic N) is 4. The van der Waals surface area contributed by atoms with Gasteiger partial charge in [0.1, 0.15) is 17.5 Å². The van der Waals surface area contributed by atoms with Crippen LogP contribution in [0.3, 0.4) is 0 Å². The highest BCUT2D eigenvalue weighted by molar-refractivity contribution is 5.55. The number of hydrogen-bond donors (Lipinski definition) is 1. The van der Waals surface area contributed by atoms with E-state index in [1.54, 1.807) is 4.68 Å². The Morgan fingerprint density at radius 2 is 2.05 bits per heavy atom. The first-order valence-corrected chi connectivity index (χ1v) is 7.04. The first-order valence-electron chi connectivity index (χ1n) is 7.04. The third kappa shape index (κ3) is 3.27. The normalized spacial score (nSPS) is 18.0. The summed E-state index contributed by atoms with van der Waals surface area (Å²) in [5.74, 6) is 0.838. The summed E-state index contributed by atoms with van der Waals surface area (Å²) in [5, 5.41) is 16.9. The van der Waals surface area contributed by atoms with Crippen molar-refractivity contribution < 1.29 is 0 Å². The SMILES string of the molecule is Cc1nn(C)c(NC(C)CN2CCCCC2)c1C#N. The molecule has 0 spiro atoms. The lowest BCUT2D eigenvalue weighted by molar-refractivity contribution is 0.223. The molecule has 0 amide bonds. The molecule has 1 N–H and O–H groups in total. The van der Waals surface area contributed by atoms with Crippen molar-refractivity contribution in [3.63, 3.8) is 0 Å². The second-order valence-electron chi connectivity index (χ2n) is 5.45. The molecule has 1 aliphatic rings. The van der Waals surface area contributed by atoms with Gasteiger partial charge in [0.05, 0.1) is 5.69 Å². The molecule has 5 nitrogen and oxygen atoms in total. The van der Waals surface area contributed by atoms with Crippen LogP contribution in [0.2, 0.25) is 0 Å². The zero-order valence-corrected chi connectivity index (χ0v) is 12.1. The number of hydrogen-bond acceptors (Lipinski definition) is 4. The van der Waals surface area contributed by atoms with Crippen LogP contribution in [-0.4, -0.2) is 40.4 Å². The van der Waals surface area contributed by atoms with Crippen LogP contribution in [0, 0.1) is 18.3 Å². The molecule has 1 unspecified atom stereocenters. The van der Waals surface area contributed by atoms with Crippen molar-refractivity contribution in [2.45, 2.75) is 39.2 Å². The predicted molar refractivity (Wildman–Crippen MR) is 76.0 cm³/mol. The lowest BCUT2D eigenvalue weighted by Crippen LogP contribution is -2.38. The van der Waals surface area contributed by atoms with Gasteiger partial charge in [-0.15, -0.1) is 0 Å². The van der Waals surface area contributed by atoms with E-state index < -0.39 is 0 Å². The fraction of sp³-hybridized carbons (Fsp3) is 0.714. The Bertz CT molecular complexity index is 465. The van der Waals surface area contributed by atoms with Gasteiger partial charge in [-0.2, -0.15) is 10.4 Å². The Labute approximate surface area is 115 Å². The summed E-state index contributed by atoms with van der Waals surface area (Å²) in [4.78, 5) is 2.50. The van der Waals surface area contributed by atoms with Gasteiger partial charge in [0.15, 0.2) is 0 Å². The van der Waals surface area contributed by atoms with E-state index in [4.69, 9.17) is 0 Å². The van der Waals surface area contributed by atoms with Gasteiger partial charge >= 0.3 is 0 Å². The number of anilines is 1. The Morgan fingerprint density at radius 1 is 1.37 bits per heavy atom. The van der Waals surface area contributed by atoms with E-state index in [0.717, 1.165) is 18.1 Å². The van der Waals surface area contributed by atoms with Crippen LogP contribution >= 0.6 is 0 Å². The van der Waals surface area contributed by atoms with Gasteiger partial charge < -0.3 is 10.2 Å². The molecule has 1 aliphatic heterocycles.